The lowest BCUT2D eigenvalue weighted by Gasteiger charge is -2.10. The van der Waals surface area contributed by atoms with Crippen LogP contribution >= 0.6 is 24.0 Å². The number of hydrogen-bond donors (Lipinski definition) is 3. The summed E-state index contributed by atoms with van der Waals surface area (Å²) in [6.45, 7) is 6.10. The van der Waals surface area contributed by atoms with Gasteiger partial charge in [-0.1, -0.05) is 6.07 Å². The van der Waals surface area contributed by atoms with Crippen molar-refractivity contribution in [1.82, 2.24) is 20.9 Å². The molecule has 0 fully saturated rings. The van der Waals surface area contributed by atoms with E-state index >= 15 is 0 Å². The molecule has 1 amide bonds. The maximum Gasteiger partial charge on any atom is 0.241 e. The van der Waals surface area contributed by atoms with Gasteiger partial charge in [0.25, 0.3) is 0 Å². The number of hydrogen-bond acceptors (Lipinski definition) is 3. The quantitative estimate of drug-likeness (QED) is 0.359. The van der Waals surface area contributed by atoms with Gasteiger partial charge in [0.15, 0.2) is 5.96 Å². The zero-order valence-corrected chi connectivity index (χ0v) is 14.9. The molecule has 1 rings (SSSR count). The highest BCUT2D eigenvalue weighted by Crippen LogP contribution is 1.92. The topological polar surface area (TPSA) is 78.4 Å². The second kappa shape index (κ2) is 12.4. The summed E-state index contributed by atoms with van der Waals surface area (Å²) in [6, 6.07) is 5.85. The molecular weight excluding hydrogens is 381 g/mol. The van der Waals surface area contributed by atoms with Crippen LogP contribution in [0.5, 0.6) is 0 Å². The van der Waals surface area contributed by atoms with Crippen molar-refractivity contribution in [2.45, 2.75) is 20.3 Å². The fraction of sp³-hybridized carbons (Fsp3) is 0.500. The summed E-state index contributed by atoms with van der Waals surface area (Å²) in [5.74, 6) is 0.573. The van der Waals surface area contributed by atoms with Gasteiger partial charge in [-0.2, -0.15) is 0 Å². The van der Waals surface area contributed by atoms with Gasteiger partial charge in [0.2, 0.25) is 5.91 Å². The van der Waals surface area contributed by atoms with E-state index in [0.29, 0.717) is 12.5 Å². The third-order valence-corrected chi connectivity index (χ3v) is 2.50. The van der Waals surface area contributed by atoms with E-state index in [9.17, 15) is 4.79 Å². The van der Waals surface area contributed by atoms with E-state index in [-0.39, 0.29) is 36.4 Å². The van der Waals surface area contributed by atoms with Crippen molar-refractivity contribution in [3.05, 3.63) is 30.1 Å². The third-order valence-electron chi connectivity index (χ3n) is 2.50. The molecule has 0 spiro atoms. The Balaban J connectivity index is 0.00000400. The Hall–Kier alpha value is -1.38. The van der Waals surface area contributed by atoms with Crippen LogP contribution in [0.15, 0.2) is 29.4 Å². The predicted molar refractivity (Wildman–Crippen MR) is 96.0 cm³/mol. The second-order valence-electron chi connectivity index (χ2n) is 4.15. The van der Waals surface area contributed by atoms with Gasteiger partial charge in [0.05, 0.1) is 0 Å². The van der Waals surface area contributed by atoms with Crippen molar-refractivity contribution in [3.8, 4) is 0 Å². The fourth-order valence-corrected chi connectivity index (χ4v) is 1.60. The summed E-state index contributed by atoms with van der Waals surface area (Å²) in [6.07, 6.45) is 2.59. The maximum atomic E-state index is 11.4. The Morgan fingerprint density at radius 2 is 1.95 bits per heavy atom. The summed E-state index contributed by atoms with van der Waals surface area (Å²) in [5.41, 5.74) is 1.03. The molecule has 0 aliphatic rings. The number of carbonyl (C=O) groups excluding carboxylic acids is 1. The molecule has 0 aliphatic carbocycles. The highest BCUT2D eigenvalue weighted by molar-refractivity contribution is 14.0. The Kier molecular flexibility index (Phi) is 11.6. The number of amides is 1. The van der Waals surface area contributed by atoms with E-state index in [4.69, 9.17) is 0 Å². The number of guanidine groups is 1. The number of halogens is 1. The first-order valence-corrected chi connectivity index (χ1v) is 6.95. The first-order chi connectivity index (χ1) is 9.76. The van der Waals surface area contributed by atoms with Gasteiger partial charge in [-0.25, -0.2) is 4.99 Å². The average Bonchev–Trinajstić information content (AvgIpc) is 2.46. The van der Waals surface area contributed by atoms with Crippen molar-refractivity contribution in [1.29, 1.82) is 0 Å². The van der Waals surface area contributed by atoms with Crippen LogP contribution in [0.4, 0.5) is 0 Å². The van der Waals surface area contributed by atoms with Gasteiger partial charge in [-0.15, -0.1) is 24.0 Å². The summed E-state index contributed by atoms with van der Waals surface area (Å²) in [5, 5.41) is 9.00. The van der Waals surface area contributed by atoms with Gasteiger partial charge in [0, 0.05) is 37.9 Å². The Morgan fingerprint density at radius 1 is 1.19 bits per heavy atom. The van der Waals surface area contributed by atoms with Gasteiger partial charge in [-0.3, -0.25) is 9.78 Å². The molecule has 21 heavy (non-hydrogen) atoms. The third kappa shape index (κ3) is 9.22. The summed E-state index contributed by atoms with van der Waals surface area (Å²) in [7, 11) is 0. The molecule has 0 aliphatic heterocycles. The number of carbonyl (C=O) groups is 1. The Labute approximate surface area is 143 Å². The van der Waals surface area contributed by atoms with E-state index in [2.05, 4.69) is 25.9 Å². The molecule has 0 atom stereocenters. The predicted octanol–water partition coefficient (Wildman–Crippen LogP) is 0.933. The Morgan fingerprint density at radius 3 is 2.57 bits per heavy atom. The van der Waals surface area contributed by atoms with Crippen LogP contribution in [-0.2, 0) is 11.2 Å². The molecule has 118 valence electrons. The van der Waals surface area contributed by atoms with Crippen LogP contribution in [0.1, 0.15) is 19.5 Å². The second-order valence-corrected chi connectivity index (χ2v) is 4.15. The van der Waals surface area contributed by atoms with E-state index < -0.39 is 0 Å². The fourth-order valence-electron chi connectivity index (χ4n) is 1.60. The number of pyridine rings is 1. The molecule has 1 aromatic heterocycles. The van der Waals surface area contributed by atoms with Gasteiger partial charge < -0.3 is 16.0 Å². The van der Waals surface area contributed by atoms with Crippen molar-refractivity contribution >= 4 is 35.8 Å². The number of nitrogens with zero attached hydrogens (tertiary/aromatic N) is 2. The lowest BCUT2D eigenvalue weighted by molar-refractivity contribution is -0.119. The van der Waals surface area contributed by atoms with Crippen molar-refractivity contribution in [2.24, 2.45) is 4.99 Å². The van der Waals surface area contributed by atoms with Crippen molar-refractivity contribution in [2.75, 3.05) is 26.2 Å². The standard InChI is InChI=1S/C14H23N5O.HI/c1-3-15-13(20)11-19-14(16-4-2)18-10-8-12-7-5-6-9-17-12;/h5-7,9H,3-4,8,10-11H2,1-2H3,(H,15,20)(H2,16,18,19);1H. The largest absolute Gasteiger partial charge is 0.357 e. The van der Waals surface area contributed by atoms with Crippen LogP contribution in [0, 0.1) is 0 Å². The molecule has 1 heterocycles. The SMILES string of the molecule is CCNC(=O)CN=C(NCC)NCCc1ccccn1.I. The van der Waals surface area contributed by atoms with Gasteiger partial charge in [0.1, 0.15) is 6.54 Å². The molecular formula is C14H24IN5O. The smallest absolute Gasteiger partial charge is 0.241 e. The first kappa shape index (κ1) is 19.6. The minimum atomic E-state index is -0.0746. The maximum absolute atomic E-state index is 11.4. The molecule has 6 nitrogen and oxygen atoms in total. The Bertz CT molecular complexity index is 425. The number of aliphatic imine (C=N–C) groups is 1. The molecule has 0 saturated heterocycles. The van der Waals surface area contributed by atoms with Gasteiger partial charge >= 0.3 is 0 Å². The molecule has 0 aromatic carbocycles. The van der Waals surface area contributed by atoms with E-state index in [1.807, 2.05) is 32.0 Å². The van der Waals surface area contributed by atoms with Crippen LogP contribution < -0.4 is 16.0 Å². The van der Waals surface area contributed by atoms with Gasteiger partial charge in [-0.05, 0) is 26.0 Å². The number of nitrogens with one attached hydrogen (secondary N) is 3. The lowest BCUT2D eigenvalue weighted by Crippen LogP contribution is -2.39. The zero-order chi connectivity index (χ0) is 14.6. The van der Waals surface area contributed by atoms with E-state index in [1.54, 1.807) is 6.20 Å². The van der Waals surface area contributed by atoms with Crippen LogP contribution in [0.3, 0.4) is 0 Å². The lowest BCUT2D eigenvalue weighted by atomic mass is 10.3. The van der Waals surface area contributed by atoms with E-state index in [1.165, 1.54) is 0 Å². The molecule has 0 bridgehead atoms. The number of rotatable bonds is 7. The molecule has 0 radical (unpaired) electrons. The minimum Gasteiger partial charge on any atom is -0.357 e. The highest BCUT2D eigenvalue weighted by atomic mass is 127. The zero-order valence-electron chi connectivity index (χ0n) is 12.6. The molecule has 7 heteroatoms. The number of likely N-dealkylation sites (N-methyl/N-ethyl adjacent to an activating group) is 1. The molecule has 0 unspecified atom stereocenters. The minimum absolute atomic E-state index is 0. The van der Waals surface area contributed by atoms with Crippen molar-refractivity contribution < 1.29 is 4.79 Å². The summed E-state index contributed by atoms with van der Waals surface area (Å²) < 4.78 is 0. The van der Waals surface area contributed by atoms with E-state index in [0.717, 1.165) is 25.2 Å². The van der Waals surface area contributed by atoms with Crippen molar-refractivity contribution in [3.63, 3.8) is 0 Å². The summed E-state index contributed by atoms with van der Waals surface area (Å²) >= 11 is 0. The average molecular weight is 405 g/mol. The highest BCUT2D eigenvalue weighted by Gasteiger charge is 2.01. The first-order valence-electron chi connectivity index (χ1n) is 6.95. The summed E-state index contributed by atoms with van der Waals surface area (Å²) in [4.78, 5) is 19.8. The monoisotopic (exact) mass is 405 g/mol. The van der Waals surface area contributed by atoms with Crippen LogP contribution in [0.2, 0.25) is 0 Å². The van der Waals surface area contributed by atoms with Crippen LogP contribution in [0.25, 0.3) is 0 Å². The molecule has 1 aromatic rings. The van der Waals surface area contributed by atoms with Crippen LogP contribution in [-0.4, -0.2) is 43.0 Å². The molecule has 3 N–H and O–H groups in total. The molecule has 0 saturated carbocycles. The normalized spacial score (nSPS) is 10.5. The number of aromatic nitrogens is 1.